The van der Waals surface area contributed by atoms with Crippen molar-refractivity contribution in [1.82, 2.24) is 14.9 Å². The maximum atomic E-state index is 10.5. The summed E-state index contributed by atoms with van der Waals surface area (Å²) in [5.41, 5.74) is 0.432. The first-order valence-electron chi connectivity index (χ1n) is 9.77. The molecule has 1 aromatic heterocycles. The van der Waals surface area contributed by atoms with E-state index in [1.807, 2.05) is 0 Å². The number of rotatable bonds is 10. The van der Waals surface area contributed by atoms with Crippen molar-refractivity contribution in [3.8, 4) is 0 Å². The predicted octanol–water partition coefficient (Wildman–Crippen LogP) is 2.08. The minimum Gasteiger partial charge on any atom is -0.483 e. The Balaban J connectivity index is 0.00000122. The lowest BCUT2D eigenvalue weighted by Gasteiger charge is -2.45. The van der Waals surface area contributed by atoms with Crippen molar-refractivity contribution in [2.24, 2.45) is 5.41 Å². The molecule has 1 aliphatic rings. The molecule has 1 saturated heterocycles. The number of aliphatic hydroxyl groups excluding tert-OH is 2. The molecule has 0 aliphatic carbocycles. The van der Waals surface area contributed by atoms with E-state index >= 15 is 0 Å². The average Bonchev–Trinajstić information content (AvgIpc) is 3.02. The van der Waals surface area contributed by atoms with Crippen LogP contribution in [0.25, 0.3) is 0 Å². The zero-order valence-electron chi connectivity index (χ0n) is 16.9. The molecule has 1 aromatic rings. The molecular formula is C19H34ClN3O5. The van der Waals surface area contributed by atoms with E-state index < -0.39 is 11.5 Å². The fourth-order valence-electron chi connectivity index (χ4n) is 3.66. The molecule has 9 heteroatoms. The van der Waals surface area contributed by atoms with E-state index in [-0.39, 0.29) is 13.1 Å². The number of unbranched alkanes of at least 4 members (excludes halogenated alkanes) is 1. The van der Waals surface area contributed by atoms with Crippen LogP contribution in [0.1, 0.15) is 50.5 Å². The molecule has 8 nitrogen and oxygen atoms in total. The number of halogens is 1. The number of carboxylic acid groups (broad SMARTS) is 1. The van der Waals surface area contributed by atoms with E-state index in [2.05, 4.69) is 21.8 Å². The van der Waals surface area contributed by atoms with Gasteiger partial charge in [-0.25, -0.2) is 4.98 Å². The van der Waals surface area contributed by atoms with Gasteiger partial charge in [-0.15, -0.1) is 0 Å². The molecular weight excluding hydrogens is 386 g/mol. The van der Waals surface area contributed by atoms with Crippen LogP contribution < -0.4 is 0 Å². The van der Waals surface area contributed by atoms with Crippen molar-refractivity contribution < 1.29 is 24.9 Å². The van der Waals surface area contributed by atoms with Gasteiger partial charge in [-0.1, -0.05) is 24.9 Å². The van der Waals surface area contributed by atoms with Gasteiger partial charge in [0.15, 0.2) is 5.15 Å². The summed E-state index contributed by atoms with van der Waals surface area (Å²) < 4.78 is 5.12. The van der Waals surface area contributed by atoms with Crippen LogP contribution in [0.5, 0.6) is 0 Å². The first-order chi connectivity index (χ1) is 13.5. The smallest absolute Gasteiger partial charge is 0.290 e. The molecule has 1 aliphatic heterocycles. The number of H-pyrrole nitrogens is 1. The first-order valence-corrected chi connectivity index (χ1v) is 10.1. The fourth-order valence-corrected chi connectivity index (χ4v) is 3.86. The fraction of sp³-hybridized carbons (Fsp3) is 0.789. The highest BCUT2D eigenvalue weighted by molar-refractivity contribution is 6.30. The highest BCUT2D eigenvalue weighted by Gasteiger charge is 2.42. The number of aromatic amines is 1. The molecule has 4 N–H and O–H groups in total. The minimum absolute atomic E-state index is 0.0210. The average molecular weight is 420 g/mol. The number of ether oxygens (including phenoxy) is 1. The molecule has 2 rings (SSSR count). The Bertz CT molecular complexity index is 572. The summed E-state index contributed by atoms with van der Waals surface area (Å²) in [6.45, 7) is 4.62. The van der Waals surface area contributed by atoms with Gasteiger partial charge in [-0.2, -0.15) is 0 Å². The summed E-state index contributed by atoms with van der Waals surface area (Å²) in [5.74, 6) is 0.937. The Morgan fingerprint density at radius 3 is 2.79 bits per heavy atom. The number of hydrogen-bond donors (Lipinski definition) is 4. The van der Waals surface area contributed by atoms with E-state index in [9.17, 15) is 10.2 Å². The first kappa shape index (κ1) is 24.8. The van der Waals surface area contributed by atoms with E-state index in [4.69, 9.17) is 26.2 Å². The van der Waals surface area contributed by atoms with Crippen molar-refractivity contribution in [1.29, 1.82) is 0 Å². The Morgan fingerprint density at radius 2 is 2.18 bits per heavy atom. The molecule has 162 valence electrons. The third-order valence-electron chi connectivity index (χ3n) is 5.23. The van der Waals surface area contributed by atoms with E-state index in [0.717, 1.165) is 50.2 Å². The standard InChI is InChI=1S/C18H32ClN3O3.CH2O2/c1-3-4-6-16-20-14(17(19)21-16)11-22-9-7-15(24)18(12-22,13-23)8-5-10-25-2;2-1-3/h15,23-24H,3-13H2,1-2H3,(H,20,21);1H,(H,2,3)/t15-,18+;/m1./s1. The number of methoxy groups -OCH3 is 1. The summed E-state index contributed by atoms with van der Waals surface area (Å²) in [7, 11) is 1.67. The Labute approximate surface area is 171 Å². The van der Waals surface area contributed by atoms with Crippen molar-refractivity contribution in [2.45, 2.75) is 58.1 Å². The zero-order valence-corrected chi connectivity index (χ0v) is 17.6. The van der Waals surface area contributed by atoms with Gasteiger partial charge in [-0.05, 0) is 25.7 Å². The summed E-state index contributed by atoms with van der Waals surface area (Å²) >= 11 is 6.29. The number of aliphatic hydroxyl groups is 2. The van der Waals surface area contributed by atoms with Crippen molar-refractivity contribution >= 4 is 18.1 Å². The lowest BCUT2D eigenvalue weighted by molar-refractivity contribution is -0.122. The quantitative estimate of drug-likeness (QED) is 0.338. The number of hydrogen-bond acceptors (Lipinski definition) is 6. The highest BCUT2D eigenvalue weighted by atomic mass is 35.5. The second-order valence-corrected chi connectivity index (χ2v) is 7.65. The molecule has 28 heavy (non-hydrogen) atoms. The van der Waals surface area contributed by atoms with E-state index in [1.165, 1.54) is 0 Å². The Hall–Kier alpha value is -1.19. The summed E-state index contributed by atoms with van der Waals surface area (Å²) in [5, 5.41) is 27.9. The van der Waals surface area contributed by atoms with Gasteiger partial charge in [0, 0.05) is 45.2 Å². The molecule has 0 saturated carbocycles. The number of aryl methyl sites for hydroxylation is 1. The molecule has 0 spiro atoms. The second-order valence-electron chi connectivity index (χ2n) is 7.29. The molecule has 0 amide bonds. The predicted molar refractivity (Wildman–Crippen MR) is 107 cm³/mol. The minimum atomic E-state index is -0.492. The van der Waals surface area contributed by atoms with Gasteiger partial charge in [-0.3, -0.25) is 9.69 Å². The highest BCUT2D eigenvalue weighted by Crippen LogP contribution is 2.35. The van der Waals surface area contributed by atoms with Crippen LogP contribution in [0.15, 0.2) is 0 Å². The third-order valence-corrected chi connectivity index (χ3v) is 5.54. The van der Waals surface area contributed by atoms with Crippen molar-refractivity contribution in [2.75, 3.05) is 33.4 Å². The summed E-state index contributed by atoms with van der Waals surface area (Å²) in [4.78, 5) is 18.4. The number of nitrogens with one attached hydrogen (secondary N) is 1. The molecule has 0 radical (unpaired) electrons. The monoisotopic (exact) mass is 419 g/mol. The van der Waals surface area contributed by atoms with Crippen LogP contribution in [0.2, 0.25) is 5.15 Å². The number of likely N-dealkylation sites (tertiary alicyclic amines) is 1. The number of carbonyl (C=O) groups is 1. The number of piperidine rings is 1. The van der Waals surface area contributed by atoms with Gasteiger partial charge in [0.05, 0.1) is 18.4 Å². The maximum Gasteiger partial charge on any atom is 0.290 e. The molecule has 2 atom stereocenters. The maximum absolute atomic E-state index is 10.5. The van der Waals surface area contributed by atoms with Crippen LogP contribution in [0.4, 0.5) is 0 Å². The molecule has 1 fully saturated rings. The lowest BCUT2D eigenvalue weighted by Crippen LogP contribution is -2.53. The lowest BCUT2D eigenvalue weighted by atomic mass is 9.74. The number of aromatic nitrogens is 2. The molecule has 2 heterocycles. The Kier molecular flexibility index (Phi) is 11.6. The Morgan fingerprint density at radius 1 is 1.46 bits per heavy atom. The van der Waals surface area contributed by atoms with Crippen LogP contribution in [-0.4, -0.2) is 76.2 Å². The van der Waals surface area contributed by atoms with Gasteiger partial charge in [0.2, 0.25) is 0 Å². The molecule has 0 aromatic carbocycles. The summed E-state index contributed by atoms with van der Waals surface area (Å²) in [6, 6.07) is 0. The SMILES string of the molecule is CCCCc1nc(Cl)c(CN2CC[C@@H](O)[C@@](CO)(CCCOC)C2)[nH]1.O=CO. The zero-order chi connectivity index (χ0) is 21.0. The third kappa shape index (κ3) is 7.33. The normalized spacial score (nSPS) is 22.5. The molecule has 0 bridgehead atoms. The van der Waals surface area contributed by atoms with Gasteiger partial charge in [0.25, 0.3) is 6.47 Å². The second kappa shape index (κ2) is 13.1. The van der Waals surface area contributed by atoms with Crippen molar-refractivity contribution in [3.63, 3.8) is 0 Å². The number of nitrogens with zero attached hydrogens (tertiary/aromatic N) is 2. The van der Waals surface area contributed by atoms with Crippen LogP contribution in [0, 0.1) is 5.41 Å². The van der Waals surface area contributed by atoms with Gasteiger partial charge >= 0.3 is 0 Å². The topological polar surface area (TPSA) is 119 Å². The number of imidazole rings is 1. The van der Waals surface area contributed by atoms with Crippen molar-refractivity contribution in [3.05, 3.63) is 16.7 Å². The van der Waals surface area contributed by atoms with Crippen LogP contribution >= 0.6 is 11.6 Å². The van der Waals surface area contributed by atoms with Crippen LogP contribution in [-0.2, 0) is 22.5 Å². The van der Waals surface area contributed by atoms with Crippen LogP contribution in [0.3, 0.4) is 0 Å². The van der Waals surface area contributed by atoms with E-state index in [1.54, 1.807) is 7.11 Å². The largest absolute Gasteiger partial charge is 0.483 e. The van der Waals surface area contributed by atoms with Gasteiger partial charge in [0.1, 0.15) is 5.82 Å². The summed E-state index contributed by atoms with van der Waals surface area (Å²) in [6.07, 6.45) is 4.86. The van der Waals surface area contributed by atoms with Gasteiger partial charge < -0.3 is 25.0 Å². The van der Waals surface area contributed by atoms with E-state index in [0.29, 0.717) is 31.3 Å². The molecule has 0 unspecified atom stereocenters.